The van der Waals surface area contributed by atoms with Crippen molar-refractivity contribution in [3.05, 3.63) is 52.8 Å². The fourth-order valence-electron chi connectivity index (χ4n) is 4.29. The van der Waals surface area contributed by atoms with Gasteiger partial charge in [0.05, 0.1) is 36.6 Å². The Bertz CT molecular complexity index is 1240. The lowest BCUT2D eigenvalue weighted by Crippen LogP contribution is -2.34. The highest BCUT2D eigenvalue weighted by atomic mass is 32.1. The molecule has 190 valence electrons. The van der Waals surface area contributed by atoms with Crippen molar-refractivity contribution in [3.8, 4) is 10.6 Å². The number of aliphatic hydroxyl groups is 1. The maximum absolute atomic E-state index is 12.1. The highest BCUT2D eigenvalue weighted by Gasteiger charge is 2.39. The number of hydrogen-bond acceptors (Lipinski definition) is 10. The molecule has 4 rings (SSSR count). The van der Waals surface area contributed by atoms with Crippen molar-refractivity contribution in [3.63, 3.8) is 0 Å². The Kier molecular flexibility index (Phi) is 7.95. The first-order chi connectivity index (χ1) is 17.3. The van der Waals surface area contributed by atoms with Gasteiger partial charge < -0.3 is 19.9 Å². The van der Waals surface area contributed by atoms with Crippen LogP contribution >= 0.6 is 11.3 Å². The van der Waals surface area contributed by atoms with Crippen LogP contribution in [0.1, 0.15) is 48.7 Å². The van der Waals surface area contributed by atoms with E-state index < -0.39 is 5.60 Å². The molecule has 0 aromatic carbocycles. The number of nitrogens with one attached hydrogen (secondary N) is 1. The molecule has 1 saturated carbocycles. The molecule has 0 aliphatic heterocycles. The van der Waals surface area contributed by atoms with Gasteiger partial charge in [0, 0.05) is 12.4 Å². The summed E-state index contributed by atoms with van der Waals surface area (Å²) in [5, 5.41) is 15.1. The molecule has 36 heavy (non-hydrogen) atoms. The van der Waals surface area contributed by atoms with E-state index in [9.17, 15) is 14.7 Å². The van der Waals surface area contributed by atoms with Gasteiger partial charge in [-0.1, -0.05) is 0 Å². The summed E-state index contributed by atoms with van der Waals surface area (Å²) in [6.07, 6.45) is 5.59. The van der Waals surface area contributed by atoms with E-state index in [1.165, 1.54) is 18.4 Å². The summed E-state index contributed by atoms with van der Waals surface area (Å²) in [7, 11) is 1.36. The maximum Gasteiger partial charge on any atom is 0.309 e. The summed E-state index contributed by atoms with van der Waals surface area (Å²) in [4.78, 5) is 38.1. The normalized spacial score (nSPS) is 19.5. The Morgan fingerprint density at radius 1 is 1.19 bits per heavy atom. The van der Waals surface area contributed by atoms with Crippen molar-refractivity contribution in [2.24, 2.45) is 5.92 Å². The summed E-state index contributed by atoms with van der Waals surface area (Å²) in [5.41, 5.74) is 1.46. The summed E-state index contributed by atoms with van der Waals surface area (Å²) in [6.45, 7) is 4.14. The first-order valence-corrected chi connectivity index (χ1v) is 12.7. The molecule has 0 unspecified atom stereocenters. The third kappa shape index (κ3) is 6.06. The number of thiazole rings is 1. The highest BCUT2D eigenvalue weighted by molar-refractivity contribution is 7.15. The Morgan fingerprint density at radius 2 is 1.97 bits per heavy atom. The van der Waals surface area contributed by atoms with Crippen molar-refractivity contribution in [1.29, 1.82) is 0 Å². The van der Waals surface area contributed by atoms with Gasteiger partial charge in [0.1, 0.15) is 22.2 Å². The lowest BCUT2D eigenvalue weighted by molar-refractivity contribution is -0.151. The molecular formula is C26H30N4O5S. The summed E-state index contributed by atoms with van der Waals surface area (Å²) in [6, 6.07) is 7.42. The molecule has 0 spiro atoms. The van der Waals surface area contributed by atoms with Crippen molar-refractivity contribution in [2.75, 3.05) is 19.0 Å². The predicted molar refractivity (Wildman–Crippen MR) is 136 cm³/mol. The summed E-state index contributed by atoms with van der Waals surface area (Å²) >= 11 is 1.41. The number of anilines is 2. The van der Waals surface area contributed by atoms with Gasteiger partial charge in [0.2, 0.25) is 0 Å². The first kappa shape index (κ1) is 25.7. The Labute approximate surface area is 213 Å². The SMILES string of the molecule is CCOC(=O)[C@H]1CC[C@@](O)(c2ncc(-c3cc(C)cc(Nc4cc(CC(=O)OC)ccn4)n3)s2)CC1. The number of esters is 2. The first-order valence-electron chi connectivity index (χ1n) is 11.9. The second-order valence-corrected chi connectivity index (χ2v) is 9.96. The predicted octanol–water partition coefficient (Wildman–Crippen LogP) is 4.31. The van der Waals surface area contributed by atoms with Gasteiger partial charge in [0.15, 0.2) is 0 Å². The van der Waals surface area contributed by atoms with E-state index >= 15 is 0 Å². The van der Waals surface area contributed by atoms with Crippen LogP contribution in [0.15, 0.2) is 36.7 Å². The topological polar surface area (TPSA) is 124 Å². The molecule has 1 fully saturated rings. The van der Waals surface area contributed by atoms with Gasteiger partial charge in [-0.3, -0.25) is 9.59 Å². The number of nitrogens with zero attached hydrogens (tertiary/aromatic N) is 3. The van der Waals surface area contributed by atoms with Gasteiger partial charge in [-0.05, 0) is 74.9 Å². The zero-order valence-corrected chi connectivity index (χ0v) is 21.4. The fourth-order valence-corrected chi connectivity index (χ4v) is 5.32. The van der Waals surface area contributed by atoms with E-state index in [4.69, 9.17) is 14.5 Å². The van der Waals surface area contributed by atoms with Crippen LogP contribution in [0.2, 0.25) is 0 Å². The van der Waals surface area contributed by atoms with Crippen molar-refractivity contribution in [2.45, 2.75) is 51.6 Å². The highest BCUT2D eigenvalue weighted by Crippen LogP contribution is 2.42. The minimum Gasteiger partial charge on any atom is -0.469 e. The summed E-state index contributed by atoms with van der Waals surface area (Å²) < 4.78 is 9.87. The van der Waals surface area contributed by atoms with Crippen LogP contribution in [0.5, 0.6) is 0 Å². The van der Waals surface area contributed by atoms with Gasteiger partial charge in [-0.25, -0.2) is 15.0 Å². The van der Waals surface area contributed by atoms with Crippen LogP contribution in [0.25, 0.3) is 10.6 Å². The minimum atomic E-state index is -1.05. The molecule has 0 amide bonds. The molecule has 1 aliphatic rings. The van der Waals surface area contributed by atoms with Crippen LogP contribution in [-0.2, 0) is 31.1 Å². The van der Waals surface area contributed by atoms with Crippen molar-refractivity contribution >= 4 is 34.9 Å². The number of aromatic nitrogens is 3. The molecular weight excluding hydrogens is 480 g/mol. The zero-order valence-electron chi connectivity index (χ0n) is 20.6. The van der Waals surface area contributed by atoms with Crippen LogP contribution in [0, 0.1) is 12.8 Å². The number of hydrogen-bond donors (Lipinski definition) is 2. The minimum absolute atomic E-state index is 0.160. The maximum atomic E-state index is 12.1. The lowest BCUT2D eigenvalue weighted by Gasteiger charge is -2.33. The largest absolute Gasteiger partial charge is 0.469 e. The molecule has 0 atom stereocenters. The molecule has 10 heteroatoms. The third-order valence-electron chi connectivity index (χ3n) is 6.22. The van der Waals surface area contributed by atoms with Gasteiger partial charge >= 0.3 is 11.9 Å². The van der Waals surface area contributed by atoms with E-state index in [0.717, 1.165) is 21.7 Å². The van der Waals surface area contributed by atoms with Crippen LogP contribution in [-0.4, -0.2) is 45.7 Å². The number of aryl methyl sites for hydroxylation is 1. The van der Waals surface area contributed by atoms with Crippen LogP contribution in [0.3, 0.4) is 0 Å². The molecule has 0 bridgehead atoms. The lowest BCUT2D eigenvalue weighted by atomic mass is 9.79. The Morgan fingerprint density at radius 3 is 2.69 bits per heavy atom. The number of pyridine rings is 2. The zero-order chi connectivity index (χ0) is 25.7. The average molecular weight is 511 g/mol. The Balaban J connectivity index is 1.49. The van der Waals surface area contributed by atoms with E-state index in [1.807, 2.05) is 19.1 Å². The fraction of sp³-hybridized carbons (Fsp3) is 0.423. The molecule has 9 nitrogen and oxygen atoms in total. The third-order valence-corrected chi connectivity index (χ3v) is 7.43. The molecule has 3 heterocycles. The molecule has 3 aromatic rings. The number of carbonyl (C=O) groups excluding carboxylic acids is 2. The van der Waals surface area contributed by atoms with Crippen molar-refractivity contribution < 1.29 is 24.2 Å². The number of rotatable bonds is 8. The van der Waals surface area contributed by atoms with E-state index in [1.54, 1.807) is 31.5 Å². The molecule has 2 N–H and O–H groups in total. The van der Waals surface area contributed by atoms with Crippen molar-refractivity contribution in [1.82, 2.24) is 15.0 Å². The molecule has 0 saturated heterocycles. The number of methoxy groups -OCH3 is 1. The van der Waals surface area contributed by atoms with E-state index in [-0.39, 0.29) is 24.3 Å². The van der Waals surface area contributed by atoms with Crippen LogP contribution < -0.4 is 5.32 Å². The second-order valence-electron chi connectivity index (χ2n) is 8.93. The smallest absolute Gasteiger partial charge is 0.309 e. The standard InChI is InChI=1S/C26H30N4O5S/c1-4-35-24(32)18-5-8-26(33,9-6-18)25-28-15-20(36-25)19-11-16(2)12-22(29-19)30-21-13-17(7-10-27-21)14-23(31)34-3/h7,10-13,15,18,33H,4-6,8-9,14H2,1-3H3,(H,27,29,30)/t18-,26-. The van der Waals surface area contributed by atoms with E-state index in [0.29, 0.717) is 48.9 Å². The molecule has 3 aromatic heterocycles. The quantitative estimate of drug-likeness (QED) is 0.427. The van der Waals surface area contributed by atoms with Crippen LogP contribution in [0.4, 0.5) is 11.6 Å². The number of carbonyl (C=O) groups is 2. The second kappa shape index (κ2) is 11.1. The summed E-state index contributed by atoms with van der Waals surface area (Å²) in [5.74, 6) is 0.500. The monoisotopic (exact) mass is 510 g/mol. The number of ether oxygens (including phenoxy) is 2. The van der Waals surface area contributed by atoms with E-state index in [2.05, 4.69) is 15.3 Å². The molecule has 0 radical (unpaired) electrons. The van der Waals surface area contributed by atoms with Gasteiger partial charge in [-0.2, -0.15) is 0 Å². The average Bonchev–Trinajstić information content (AvgIpc) is 3.36. The Hall–Kier alpha value is -3.37. The molecule has 1 aliphatic carbocycles. The van der Waals surface area contributed by atoms with Gasteiger partial charge in [0.25, 0.3) is 0 Å². The van der Waals surface area contributed by atoms with Gasteiger partial charge in [-0.15, -0.1) is 11.3 Å².